The van der Waals surface area contributed by atoms with Crippen LogP contribution in [0, 0.1) is 11.6 Å². The monoisotopic (exact) mass is 404 g/mol. The fourth-order valence-electron chi connectivity index (χ4n) is 3.48. The molecule has 3 heterocycles. The third kappa shape index (κ3) is 3.65. The largest absolute Gasteiger partial charge is 0.371 e. The van der Waals surface area contributed by atoms with E-state index in [1.165, 1.54) is 18.5 Å². The summed E-state index contributed by atoms with van der Waals surface area (Å²) in [6.45, 7) is 1.44. The van der Waals surface area contributed by atoms with Crippen LogP contribution in [-0.2, 0) is 4.74 Å². The van der Waals surface area contributed by atoms with E-state index in [1.54, 1.807) is 24.3 Å². The van der Waals surface area contributed by atoms with Crippen molar-refractivity contribution in [2.45, 2.75) is 12.4 Å². The fourth-order valence-corrected chi connectivity index (χ4v) is 3.76. The highest BCUT2D eigenvalue weighted by molar-refractivity contribution is 6.31. The van der Waals surface area contributed by atoms with Gasteiger partial charge in [0.15, 0.2) is 12.1 Å². The number of pyridine rings is 1. The molecular weight excluding hydrogens is 386 g/mol. The van der Waals surface area contributed by atoms with Crippen molar-refractivity contribution < 1.29 is 13.5 Å². The fraction of sp³-hybridized carbons (Fsp3) is 0.300. The maximum absolute atomic E-state index is 14.3. The van der Waals surface area contributed by atoms with Gasteiger partial charge in [-0.3, -0.25) is 9.88 Å². The van der Waals surface area contributed by atoms with Crippen LogP contribution in [0.5, 0.6) is 0 Å². The molecule has 0 N–H and O–H groups in total. The van der Waals surface area contributed by atoms with Gasteiger partial charge in [0.1, 0.15) is 5.82 Å². The number of rotatable bonds is 3. The second-order valence-electron chi connectivity index (χ2n) is 6.69. The molecule has 0 saturated carbocycles. The van der Waals surface area contributed by atoms with Gasteiger partial charge in [-0.2, -0.15) is 0 Å². The average molecular weight is 405 g/mol. The van der Waals surface area contributed by atoms with Crippen LogP contribution in [0.4, 0.5) is 8.78 Å². The van der Waals surface area contributed by atoms with Gasteiger partial charge in [0.05, 0.1) is 24.6 Å². The number of ether oxygens (including phenoxy) is 1. The second-order valence-corrected chi connectivity index (χ2v) is 7.09. The molecule has 0 bridgehead atoms. The number of benzene rings is 1. The van der Waals surface area contributed by atoms with Crippen molar-refractivity contribution >= 4 is 17.3 Å². The molecule has 2 atom stereocenters. The van der Waals surface area contributed by atoms with E-state index in [1.807, 2.05) is 18.1 Å². The normalized spacial score (nSPS) is 23.0. The molecule has 2 aliphatic heterocycles. The summed E-state index contributed by atoms with van der Waals surface area (Å²) in [6, 6.07) is 6.20. The van der Waals surface area contributed by atoms with Crippen LogP contribution in [0.15, 0.2) is 53.9 Å². The topological polar surface area (TPSA) is 41.0 Å². The van der Waals surface area contributed by atoms with Crippen LogP contribution in [0.2, 0.25) is 5.02 Å². The Balaban J connectivity index is 1.61. The van der Waals surface area contributed by atoms with Crippen molar-refractivity contribution in [1.82, 2.24) is 14.8 Å². The molecular formula is C20H19ClF2N4O. The molecule has 8 heteroatoms. The van der Waals surface area contributed by atoms with Crippen LogP contribution in [0.3, 0.4) is 0 Å². The quantitative estimate of drug-likeness (QED) is 0.783. The minimum atomic E-state index is -0.502. The molecule has 2 aliphatic rings. The van der Waals surface area contributed by atoms with Crippen molar-refractivity contribution in [3.05, 3.63) is 76.7 Å². The molecule has 28 heavy (non-hydrogen) atoms. The van der Waals surface area contributed by atoms with Crippen LogP contribution < -0.4 is 0 Å². The molecule has 5 nitrogen and oxygen atoms in total. The SMILES string of the molecule is CN1C=CC(c2ccncc2F)=NC1N1CCO[C@@H](c2c(F)cccc2Cl)C1. The molecule has 1 unspecified atom stereocenters. The molecule has 0 aliphatic carbocycles. The number of halogens is 3. The third-order valence-corrected chi connectivity index (χ3v) is 5.21. The Bertz CT molecular complexity index is 916. The van der Waals surface area contributed by atoms with Crippen molar-refractivity contribution in [1.29, 1.82) is 0 Å². The van der Waals surface area contributed by atoms with Gasteiger partial charge in [-0.05, 0) is 24.3 Å². The van der Waals surface area contributed by atoms with Crippen molar-refractivity contribution in [2.24, 2.45) is 4.99 Å². The summed E-state index contributed by atoms with van der Waals surface area (Å²) < 4.78 is 34.3. The zero-order chi connectivity index (χ0) is 19.7. The molecule has 1 aromatic heterocycles. The van der Waals surface area contributed by atoms with E-state index < -0.39 is 11.9 Å². The summed E-state index contributed by atoms with van der Waals surface area (Å²) in [5.41, 5.74) is 1.29. The summed E-state index contributed by atoms with van der Waals surface area (Å²) >= 11 is 6.21. The van der Waals surface area contributed by atoms with Crippen molar-refractivity contribution in [3.63, 3.8) is 0 Å². The molecule has 1 aromatic carbocycles. The molecule has 0 radical (unpaired) electrons. The maximum atomic E-state index is 14.3. The Morgan fingerprint density at radius 1 is 1.21 bits per heavy atom. The van der Waals surface area contributed by atoms with Gasteiger partial charge in [-0.1, -0.05) is 17.7 Å². The number of hydrogen-bond acceptors (Lipinski definition) is 5. The second kappa shape index (κ2) is 7.95. The minimum absolute atomic E-state index is 0.340. The summed E-state index contributed by atoms with van der Waals surface area (Å²) in [6.07, 6.45) is 5.47. The van der Waals surface area contributed by atoms with E-state index >= 15 is 0 Å². The Morgan fingerprint density at radius 2 is 2.07 bits per heavy atom. The van der Waals surface area contributed by atoms with Crippen molar-refractivity contribution in [2.75, 3.05) is 26.7 Å². The number of aliphatic imine (C=N–C) groups is 1. The van der Waals surface area contributed by atoms with Gasteiger partial charge < -0.3 is 9.64 Å². The number of nitrogens with zero attached hydrogens (tertiary/aromatic N) is 4. The molecule has 4 rings (SSSR count). The number of morpholine rings is 1. The summed E-state index contributed by atoms with van der Waals surface area (Å²) in [7, 11) is 1.89. The molecule has 0 amide bonds. The number of allylic oxidation sites excluding steroid dienone is 1. The highest BCUT2D eigenvalue weighted by Gasteiger charge is 2.32. The van der Waals surface area contributed by atoms with E-state index in [9.17, 15) is 8.78 Å². The Hall–Kier alpha value is -2.35. The van der Waals surface area contributed by atoms with E-state index in [0.29, 0.717) is 41.6 Å². The van der Waals surface area contributed by atoms with Crippen LogP contribution in [0.25, 0.3) is 0 Å². The lowest BCUT2D eigenvalue weighted by molar-refractivity contribution is -0.0644. The average Bonchev–Trinajstić information content (AvgIpc) is 2.69. The third-order valence-electron chi connectivity index (χ3n) is 4.88. The van der Waals surface area contributed by atoms with Gasteiger partial charge in [0.2, 0.25) is 0 Å². The van der Waals surface area contributed by atoms with Crippen molar-refractivity contribution in [3.8, 4) is 0 Å². The Kier molecular flexibility index (Phi) is 5.39. The first-order valence-corrected chi connectivity index (χ1v) is 9.30. The summed E-state index contributed by atoms with van der Waals surface area (Å²) in [5.74, 6) is -0.813. The summed E-state index contributed by atoms with van der Waals surface area (Å²) in [4.78, 5) is 12.5. The molecule has 1 saturated heterocycles. The molecule has 146 valence electrons. The first-order chi connectivity index (χ1) is 13.5. The first kappa shape index (κ1) is 19.0. The van der Waals surface area contributed by atoms with Gasteiger partial charge in [-0.15, -0.1) is 0 Å². The zero-order valence-electron chi connectivity index (χ0n) is 15.2. The van der Waals surface area contributed by atoms with E-state index in [2.05, 4.69) is 9.88 Å². The lowest BCUT2D eigenvalue weighted by Gasteiger charge is -2.41. The Labute approximate surface area is 166 Å². The van der Waals surface area contributed by atoms with E-state index in [0.717, 1.165) is 0 Å². The predicted octanol–water partition coefficient (Wildman–Crippen LogP) is 3.62. The minimum Gasteiger partial charge on any atom is -0.371 e. The lowest BCUT2D eigenvalue weighted by atomic mass is 10.1. The predicted molar refractivity (Wildman–Crippen MR) is 103 cm³/mol. The Morgan fingerprint density at radius 3 is 2.86 bits per heavy atom. The molecule has 1 fully saturated rings. The van der Waals surface area contributed by atoms with E-state index in [-0.39, 0.29) is 12.1 Å². The molecule has 2 aromatic rings. The first-order valence-electron chi connectivity index (χ1n) is 8.92. The van der Waals surface area contributed by atoms with Gasteiger partial charge in [-0.25, -0.2) is 13.8 Å². The van der Waals surface area contributed by atoms with Gasteiger partial charge in [0, 0.05) is 48.7 Å². The standard InChI is InChI=1S/C20H19ClF2N4O/c1-26-8-6-17(13-5-7-24-11-16(13)23)25-20(26)27-9-10-28-18(12-27)19-14(21)3-2-4-15(19)22/h2-8,11,18,20H,9-10,12H2,1H3/t18-,20?/m1/s1. The van der Waals surface area contributed by atoms with Gasteiger partial charge >= 0.3 is 0 Å². The van der Waals surface area contributed by atoms with Gasteiger partial charge in [0.25, 0.3) is 0 Å². The zero-order valence-corrected chi connectivity index (χ0v) is 16.0. The number of aromatic nitrogens is 1. The highest BCUT2D eigenvalue weighted by atomic mass is 35.5. The van der Waals surface area contributed by atoms with Crippen LogP contribution in [0.1, 0.15) is 17.2 Å². The number of hydrogen-bond donors (Lipinski definition) is 0. The van der Waals surface area contributed by atoms with Crippen LogP contribution >= 0.6 is 11.6 Å². The van der Waals surface area contributed by atoms with Crippen LogP contribution in [-0.4, -0.2) is 53.5 Å². The smallest absolute Gasteiger partial charge is 0.178 e. The summed E-state index contributed by atoms with van der Waals surface area (Å²) in [5, 5.41) is 0.340. The highest BCUT2D eigenvalue weighted by Crippen LogP contribution is 2.32. The lowest BCUT2D eigenvalue weighted by Crippen LogP contribution is -2.50. The molecule has 0 spiro atoms. The van der Waals surface area contributed by atoms with E-state index in [4.69, 9.17) is 21.3 Å². The maximum Gasteiger partial charge on any atom is 0.178 e.